The van der Waals surface area contributed by atoms with Gasteiger partial charge in [-0.1, -0.05) is 12.1 Å². The van der Waals surface area contributed by atoms with Crippen molar-refractivity contribution in [1.82, 2.24) is 15.3 Å². The highest BCUT2D eigenvalue weighted by atomic mass is 32.1. The summed E-state index contributed by atoms with van der Waals surface area (Å²) in [5, 5.41) is 3.86. The number of ether oxygens (including phenoxy) is 1. The Labute approximate surface area is 167 Å². The Balaban J connectivity index is 1.50. The number of hydrogen-bond acceptors (Lipinski definition) is 5. The molecule has 0 spiro atoms. The molecule has 0 aliphatic heterocycles. The minimum atomic E-state index is -0.107. The molecule has 6 heteroatoms. The fourth-order valence-corrected chi connectivity index (χ4v) is 3.81. The third-order valence-electron chi connectivity index (χ3n) is 4.42. The van der Waals surface area contributed by atoms with Crippen molar-refractivity contribution in [1.29, 1.82) is 0 Å². The number of benzene rings is 2. The van der Waals surface area contributed by atoms with E-state index in [1.807, 2.05) is 67.7 Å². The van der Waals surface area contributed by atoms with Crippen LogP contribution in [0.4, 0.5) is 0 Å². The number of nitrogens with one attached hydrogen (secondary N) is 1. The minimum Gasteiger partial charge on any atom is -0.497 e. The first-order valence-corrected chi connectivity index (χ1v) is 9.69. The van der Waals surface area contributed by atoms with Crippen molar-refractivity contribution in [3.05, 3.63) is 77.6 Å². The lowest BCUT2D eigenvalue weighted by Crippen LogP contribution is -2.22. The first-order chi connectivity index (χ1) is 13.6. The number of aryl methyl sites for hydroxylation is 1. The van der Waals surface area contributed by atoms with E-state index in [2.05, 4.69) is 15.3 Å². The Morgan fingerprint density at radius 1 is 1.11 bits per heavy atom. The Morgan fingerprint density at radius 2 is 1.93 bits per heavy atom. The van der Waals surface area contributed by atoms with E-state index in [-0.39, 0.29) is 5.91 Å². The highest BCUT2D eigenvalue weighted by Gasteiger charge is 2.11. The Morgan fingerprint density at radius 3 is 2.64 bits per heavy atom. The Hall–Kier alpha value is -3.25. The zero-order chi connectivity index (χ0) is 19.5. The van der Waals surface area contributed by atoms with Gasteiger partial charge in [0, 0.05) is 29.6 Å². The van der Waals surface area contributed by atoms with Gasteiger partial charge in [-0.3, -0.25) is 9.78 Å². The predicted octanol–water partition coefficient (Wildman–Crippen LogP) is 4.61. The lowest BCUT2D eigenvalue weighted by atomic mass is 10.2. The maximum atomic E-state index is 12.5. The summed E-state index contributed by atoms with van der Waals surface area (Å²) < 4.78 is 6.13. The van der Waals surface area contributed by atoms with Gasteiger partial charge in [-0.25, -0.2) is 4.98 Å². The van der Waals surface area contributed by atoms with E-state index in [4.69, 9.17) is 4.74 Å². The molecule has 1 amide bonds. The molecule has 5 nitrogen and oxygen atoms in total. The number of hydrogen-bond donors (Lipinski definition) is 1. The zero-order valence-electron chi connectivity index (χ0n) is 15.6. The van der Waals surface area contributed by atoms with Crippen molar-refractivity contribution in [3.63, 3.8) is 0 Å². The van der Waals surface area contributed by atoms with E-state index in [1.165, 1.54) is 0 Å². The molecular weight excluding hydrogens is 370 g/mol. The van der Waals surface area contributed by atoms with Gasteiger partial charge >= 0.3 is 0 Å². The zero-order valence-corrected chi connectivity index (χ0v) is 16.4. The number of fused-ring (bicyclic) bond motifs is 1. The van der Waals surface area contributed by atoms with Gasteiger partial charge in [0.15, 0.2) is 0 Å². The topological polar surface area (TPSA) is 64.1 Å². The Bertz CT molecular complexity index is 1120. The number of nitrogens with zero attached hydrogens (tertiary/aromatic N) is 2. The molecule has 140 valence electrons. The largest absolute Gasteiger partial charge is 0.497 e. The van der Waals surface area contributed by atoms with Crippen LogP contribution in [0.15, 0.2) is 60.8 Å². The molecule has 0 fully saturated rings. The third kappa shape index (κ3) is 3.87. The molecular formula is C22H19N3O2S. The fourth-order valence-electron chi connectivity index (χ4n) is 2.81. The van der Waals surface area contributed by atoms with Crippen LogP contribution in [0, 0.1) is 6.92 Å². The fraction of sp³-hybridized carbons (Fsp3) is 0.136. The van der Waals surface area contributed by atoms with Crippen LogP contribution in [0.1, 0.15) is 21.6 Å². The van der Waals surface area contributed by atoms with Gasteiger partial charge in [0.2, 0.25) is 0 Å². The van der Waals surface area contributed by atoms with Gasteiger partial charge < -0.3 is 10.1 Å². The van der Waals surface area contributed by atoms with Crippen LogP contribution in [0.25, 0.3) is 20.8 Å². The van der Waals surface area contributed by atoms with Crippen molar-refractivity contribution < 1.29 is 9.53 Å². The van der Waals surface area contributed by atoms with E-state index in [0.717, 1.165) is 37.8 Å². The van der Waals surface area contributed by atoms with E-state index in [0.29, 0.717) is 12.1 Å². The predicted molar refractivity (Wildman–Crippen MR) is 112 cm³/mol. The molecule has 0 saturated carbocycles. The van der Waals surface area contributed by atoms with Crippen molar-refractivity contribution in [2.45, 2.75) is 13.5 Å². The monoisotopic (exact) mass is 389 g/mol. The molecule has 2 heterocycles. The minimum absolute atomic E-state index is 0.107. The number of methoxy groups -OCH3 is 1. The molecule has 0 saturated heterocycles. The Kier molecular flexibility index (Phi) is 5.04. The highest BCUT2D eigenvalue weighted by molar-refractivity contribution is 7.21. The SMILES string of the molecule is COc1ccc(CNC(=O)c2ccc3nc(-c4ccc(C)nc4)sc3c2)cc1. The molecule has 2 aromatic heterocycles. The molecule has 0 aliphatic rings. The standard InChI is InChI=1S/C22H19N3O2S/c1-14-3-6-17(13-23-14)22-25-19-10-7-16(11-20(19)28-22)21(26)24-12-15-4-8-18(27-2)9-5-15/h3-11,13H,12H2,1-2H3,(H,24,26). The molecule has 0 atom stereocenters. The van der Waals surface area contributed by atoms with Gasteiger partial charge in [0.25, 0.3) is 5.91 Å². The first kappa shape index (κ1) is 18.1. The number of carbonyl (C=O) groups is 1. The van der Waals surface area contributed by atoms with Crippen LogP contribution >= 0.6 is 11.3 Å². The number of carbonyl (C=O) groups excluding carboxylic acids is 1. The summed E-state index contributed by atoms with van der Waals surface area (Å²) in [6.45, 7) is 2.42. The normalized spacial score (nSPS) is 10.8. The van der Waals surface area contributed by atoms with Gasteiger partial charge in [0.1, 0.15) is 10.8 Å². The van der Waals surface area contributed by atoms with Crippen molar-refractivity contribution in [2.24, 2.45) is 0 Å². The molecule has 4 rings (SSSR count). The second kappa shape index (κ2) is 7.78. The molecule has 28 heavy (non-hydrogen) atoms. The van der Waals surface area contributed by atoms with Crippen LogP contribution in [-0.4, -0.2) is 23.0 Å². The van der Waals surface area contributed by atoms with Gasteiger partial charge in [-0.05, 0) is 55.0 Å². The summed E-state index contributed by atoms with van der Waals surface area (Å²) in [5.41, 5.74) is 4.48. The maximum Gasteiger partial charge on any atom is 0.251 e. The summed E-state index contributed by atoms with van der Waals surface area (Å²) in [6.07, 6.45) is 1.83. The number of aromatic nitrogens is 2. The van der Waals surface area contributed by atoms with Crippen LogP contribution in [-0.2, 0) is 6.54 Å². The summed E-state index contributed by atoms with van der Waals surface area (Å²) in [7, 11) is 1.63. The van der Waals surface area contributed by atoms with Crippen LogP contribution in [0.3, 0.4) is 0 Å². The average molecular weight is 389 g/mol. The van der Waals surface area contributed by atoms with E-state index in [1.54, 1.807) is 18.4 Å². The summed E-state index contributed by atoms with van der Waals surface area (Å²) in [5.74, 6) is 0.690. The van der Waals surface area contributed by atoms with Crippen LogP contribution < -0.4 is 10.1 Å². The van der Waals surface area contributed by atoms with E-state index < -0.39 is 0 Å². The van der Waals surface area contributed by atoms with E-state index in [9.17, 15) is 4.79 Å². The van der Waals surface area contributed by atoms with Crippen molar-refractivity contribution in [3.8, 4) is 16.3 Å². The molecule has 4 aromatic rings. The molecule has 0 unspecified atom stereocenters. The summed E-state index contributed by atoms with van der Waals surface area (Å²) in [4.78, 5) is 21.5. The van der Waals surface area contributed by atoms with Gasteiger partial charge in [-0.2, -0.15) is 0 Å². The second-order valence-corrected chi connectivity index (χ2v) is 7.45. The van der Waals surface area contributed by atoms with Crippen LogP contribution in [0.2, 0.25) is 0 Å². The van der Waals surface area contributed by atoms with Crippen LogP contribution in [0.5, 0.6) is 5.75 Å². The number of rotatable bonds is 5. The number of amides is 1. The summed E-state index contributed by atoms with van der Waals surface area (Å²) >= 11 is 1.56. The smallest absolute Gasteiger partial charge is 0.251 e. The van der Waals surface area contributed by atoms with Crippen molar-refractivity contribution >= 4 is 27.5 Å². The highest BCUT2D eigenvalue weighted by Crippen LogP contribution is 2.30. The maximum absolute atomic E-state index is 12.5. The first-order valence-electron chi connectivity index (χ1n) is 8.87. The summed E-state index contributed by atoms with van der Waals surface area (Å²) in [6, 6.07) is 17.2. The molecule has 1 N–H and O–H groups in total. The van der Waals surface area contributed by atoms with Gasteiger partial charge in [-0.15, -0.1) is 11.3 Å². The number of thiazole rings is 1. The lowest BCUT2D eigenvalue weighted by Gasteiger charge is -2.06. The lowest BCUT2D eigenvalue weighted by molar-refractivity contribution is 0.0951. The van der Waals surface area contributed by atoms with E-state index >= 15 is 0 Å². The molecule has 0 radical (unpaired) electrons. The second-order valence-electron chi connectivity index (χ2n) is 6.42. The third-order valence-corrected chi connectivity index (χ3v) is 5.49. The van der Waals surface area contributed by atoms with Gasteiger partial charge in [0.05, 0.1) is 17.3 Å². The average Bonchev–Trinajstić information content (AvgIpc) is 3.16. The molecule has 2 aromatic carbocycles. The number of pyridine rings is 1. The molecule has 0 aliphatic carbocycles. The quantitative estimate of drug-likeness (QED) is 0.542. The van der Waals surface area contributed by atoms with Crippen molar-refractivity contribution in [2.75, 3.05) is 7.11 Å². The molecule has 0 bridgehead atoms.